The Kier molecular flexibility index (Phi) is 12.5. The quantitative estimate of drug-likeness (QED) is 0.0771. The summed E-state index contributed by atoms with van der Waals surface area (Å²) in [7, 11) is 0. The van der Waals surface area contributed by atoms with Crippen molar-refractivity contribution in [2.24, 2.45) is 0 Å². The fourth-order valence-corrected chi connectivity index (χ4v) is 4.66. The molecule has 0 radical (unpaired) electrons. The molecule has 0 saturated heterocycles. The van der Waals surface area contributed by atoms with E-state index in [0.29, 0.717) is 35.7 Å². The summed E-state index contributed by atoms with van der Waals surface area (Å²) in [6.07, 6.45) is 6.70. The van der Waals surface area contributed by atoms with E-state index >= 15 is 0 Å². The number of ether oxygens (including phenoxy) is 2. The van der Waals surface area contributed by atoms with Crippen molar-refractivity contribution in [3.8, 4) is 11.5 Å². The first-order chi connectivity index (χ1) is 24.4. The molecule has 0 spiro atoms. The highest BCUT2D eigenvalue weighted by molar-refractivity contribution is 6.07. The highest BCUT2D eigenvalue weighted by Gasteiger charge is 2.03. The van der Waals surface area contributed by atoms with Gasteiger partial charge in [0.15, 0.2) is 11.6 Å². The van der Waals surface area contributed by atoms with Crippen LogP contribution in [0.4, 0.5) is 11.4 Å². The lowest BCUT2D eigenvalue weighted by molar-refractivity contribution is 0.103. The van der Waals surface area contributed by atoms with Crippen LogP contribution in [0.5, 0.6) is 11.5 Å². The Hall–Kier alpha value is -6.66. The number of allylic oxidation sites excluding steroid dienone is 2. The molecule has 0 aliphatic carbocycles. The number of nitrogen functional groups attached to an aromatic ring is 2. The largest absolute Gasteiger partial charge is 0.489 e. The Balaban J connectivity index is 0.000000194. The maximum Gasteiger partial charge on any atom is 0.185 e. The lowest BCUT2D eigenvalue weighted by Crippen LogP contribution is -1.95. The zero-order chi connectivity index (χ0) is 35.0. The molecule has 0 aromatic heterocycles. The van der Waals surface area contributed by atoms with Gasteiger partial charge in [0, 0.05) is 22.5 Å². The van der Waals surface area contributed by atoms with Crippen LogP contribution < -0.4 is 20.9 Å². The molecular weight excluding hydrogens is 620 g/mol. The van der Waals surface area contributed by atoms with Gasteiger partial charge in [0.1, 0.15) is 24.7 Å². The first-order valence-corrected chi connectivity index (χ1v) is 16.1. The second-order valence-corrected chi connectivity index (χ2v) is 11.3. The van der Waals surface area contributed by atoms with Crippen molar-refractivity contribution in [1.82, 2.24) is 0 Å². The Morgan fingerprint density at radius 3 is 1.12 bits per heavy atom. The fraction of sp³-hybridized carbons (Fsp3) is 0.0455. The number of benzene rings is 6. The number of rotatable bonds is 12. The summed E-state index contributed by atoms with van der Waals surface area (Å²) in [6, 6.07) is 49.1. The number of hydrogen-bond donors (Lipinski definition) is 2. The molecule has 6 heteroatoms. The molecule has 0 saturated carbocycles. The number of ketones is 2. The standard InChI is InChI=1S/2C22H19NO2/c2*23-20-11-9-19(10-12-20)22(24)15-8-17-6-13-21(14-7-17)25-16-18-4-2-1-3-5-18/h2*1-15H,16,23H2/b2*15-8+. The van der Waals surface area contributed by atoms with Gasteiger partial charge in [0.2, 0.25) is 0 Å². The number of carbonyl (C=O) groups is 2. The molecule has 6 nitrogen and oxygen atoms in total. The minimum Gasteiger partial charge on any atom is -0.489 e. The van der Waals surface area contributed by atoms with Crippen LogP contribution in [0.2, 0.25) is 0 Å². The molecule has 0 bridgehead atoms. The minimum atomic E-state index is -0.0515. The Morgan fingerprint density at radius 1 is 0.440 bits per heavy atom. The molecule has 0 heterocycles. The summed E-state index contributed by atoms with van der Waals surface area (Å²) >= 11 is 0. The molecular formula is C44H38N2O4. The minimum absolute atomic E-state index is 0.0515. The van der Waals surface area contributed by atoms with Crippen molar-refractivity contribution >= 4 is 35.1 Å². The average Bonchev–Trinajstić information content (AvgIpc) is 3.17. The van der Waals surface area contributed by atoms with E-state index in [1.807, 2.05) is 109 Å². The molecule has 6 aromatic rings. The third-order valence-corrected chi connectivity index (χ3v) is 7.50. The van der Waals surface area contributed by atoms with Gasteiger partial charge in [-0.3, -0.25) is 9.59 Å². The smallest absolute Gasteiger partial charge is 0.185 e. The molecule has 0 atom stereocenters. The summed E-state index contributed by atoms with van der Waals surface area (Å²) < 4.78 is 11.5. The molecule has 6 rings (SSSR count). The first kappa shape index (κ1) is 34.7. The van der Waals surface area contributed by atoms with E-state index in [-0.39, 0.29) is 11.6 Å². The SMILES string of the molecule is Nc1ccc(C(=O)/C=C/c2ccc(OCc3ccccc3)cc2)cc1.Nc1ccc(C(=O)/C=C/c2ccc(OCc3ccccc3)cc2)cc1. The third-order valence-electron chi connectivity index (χ3n) is 7.50. The van der Waals surface area contributed by atoms with Gasteiger partial charge >= 0.3 is 0 Å². The Bertz CT molecular complexity index is 1850. The van der Waals surface area contributed by atoms with Crippen molar-refractivity contribution in [3.05, 3.63) is 203 Å². The molecule has 0 unspecified atom stereocenters. The van der Waals surface area contributed by atoms with Crippen molar-refractivity contribution in [2.45, 2.75) is 13.2 Å². The highest BCUT2D eigenvalue weighted by atomic mass is 16.5. The first-order valence-electron chi connectivity index (χ1n) is 16.1. The van der Waals surface area contributed by atoms with Crippen LogP contribution in [0.15, 0.2) is 170 Å². The van der Waals surface area contributed by atoms with Gasteiger partial charge in [0.05, 0.1) is 0 Å². The van der Waals surface area contributed by atoms with E-state index in [2.05, 4.69) is 0 Å². The number of hydrogen-bond acceptors (Lipinski definition) is 6. The summed E-state index contributed by atoms with van der Waals surface area (Å²) in [6.45, 7) is 1.07. The molecule has 4 N–H and O–H groups in total. The van der Waals surface area contributed by atoms with Crippen LogP contribution in [-0.2, 0) is 13.2 Å². The predicted octanol–water partition coefficient (Wildman–Crippen LogP) is 9.49. The van der Waals surface area contributed by atoms with Crippen LogP contribution in [-0.4, -0.2) is 11.6 Å². The van der Waals surface area contributed by atoms with Crippen LogP contribution in [0, 0.1) is 0 Å². The average molecular weight is 659 g/mol. The lowest BCUT2D eigenvalue weighted by atomic mass is 10.1. The zero-order valence-corrected chi connectivity index (χ0v) is 27.5. The lowest BCUT2D eigenvalue weighted by Gasteiger charge is -2.06. The van der Waals surface area contributed by atoms with Gasteiger partial charge < -0.3 is 20.9 Å². The van der Waals surface area contributed by atoms with Gasteiger partial charge in [-0.1, -0.05) is 97.1 Å². The third kappa shape index (κ3) is 11.2. The second kappa shape index (κ2) is 18.0. The maximum absolute atomic E-state index is 12.1. The second-order valence-electron chi connectivity index (χ2n) is 11.3. The van der Waals surface area contributed by atoms with E-state index in [0.717, 1.165) is 33.8 Å². The van der Waals surface area contributed by atoms with Gasteiger partial charge in [-0.2, -0.15) is 0 Å². The molecule has 6 aromatic carbocycles. The monoisotopic (exact) mass is 658 g/mol. The summed E-state index contributed by atoms with van der Waals surface area (Å²) in [5, 5.41) is 0. The van der Waals surface area contributed by atoms with E-state index in [9.17, 15) is 9.59 Å². The summed E-state index contributed by atoms with van der Waals surface area (Å²) in [5.41, 5.74) is 17.9. The topological polar surface area (TPSA) is 105 Å². The maximum atomic E-state index is 12.1. The molecule has 0 aliphatic rings. The van der Waals surface area contributed by atoms with Gasteiger partial charge in [-0.05, 0) is 107 Å². The molecule has 0 fully saturated rings. The number of carbonyl (C=O) groups excluding carboxylic acids is 2. The number of nitrogens with two attached hydrogens (primary N) is 2. The van der Waals surface area contributed by atoms with E-state index in [4.69, 9.17) is 20.9 Å². The Morgan fingerprint density at radius 2 is 0.780 bits per heavy atom. The zero-order valence-electron chi connectivity index (χ0n) is 27.5. The highest BCUT2D eigenvalue weighted by Crippen LogP contribution is 2.17. The van der Waals surface area contributed by atoms with E-state index in [1.54, 1.807) is 72.8 Å². The van der Waals surface area contributed by atoms with Crippen LogP contribution in [0.1, 0.15) is 43.0 Å². The van der Waals surface area contributed by atoms with Crippen LogP contribution in [0.3, 0.4) is 0 Å². The van der Waals surface area contributed by atoms with Gasteiger partial charge in [0.25, 0.3) is 0 Å². The molecule has 248 valence electrons. The molecule has 0 aliphatic heterocycles. The molecule has 50 heavy (non-hydrogen) atoms. The van der Waals surface area contributed by atoms with Crippen LogP contribution >= 0.6 is 0 Å². The van der Waals surface area contributed by atoms with Gasteiger partial charge in [-0.15, -0.1) is 0 Å². The number of anilines is 2. The summed E-state index contributed by atoms with van der Waals surface area (Å²) in [5.74, 6) is 1.49. The van der Waals surface area contributed by atoms with E-state index in [1.165, 1.54) is 0 Å². The van der Waals surface area contributed by atoms with Crippen molar-refractivity contribution in [3.63, 3.8) is 0 Å². The normalized spacial score (nSPS) is 10.7. The Labute approximate surface area is 292 Å². The van der Waals surface area contributed by atoms with E-state index < -0.39 is 0 Å². The van der Waals surface area contributed by atoms with Crippen molar-refractivity contribution < 1.29 is 19.1 Å². The molecule has 0 amide bonds. The van der Waals surface area contributed by atoms with Crippen molar-refractivity contribution in [2.75, 3.05) is 11.5 Å². The fourth-order valence-electron chi connectivity index (χ4n) is 4.66. The van der Waals surface area contributed by atoms with Gasteiger partial charge in [-0.25, -0.2) is 0 Å². The predicted molar refractivity (Wildman–Crippen MR) is 203 cm³/mol. The van der Waals surface area contributed by atoms with Crippen molar-refractivity contribution in [1.29, 1.82) is 0 Å². The van der Waals surface area contributed by atoms with Crippen LogP contribution in [0.25, 0.3) is 12.2 Å². The summed E-state index contributed by atoms with van der Waals surface area (Å²) in [4.78, 5) is 24.2.